The van der Waals surface area contributed by atoms with Crippen LogP contribution in [0, 0.1) is 0 Å². The third kappa shape index (κ3) is 48.8. The van der Waals surface area contributed by atoms with Gasteiger partial charge in [0, 0.05) is 79.7 Å². The highest BCUT2D eigenvalue weighted by Gasteiger charge is 2.25. The first-order valence-corrected chi connectivity index (χ1v) is 29.0. The van der Waals surface area contributed by atoms with E-state index in [0.717, 1.165) is 0 Å². The Hall–Kier alpha value is -2.04. The van der Waals surface area contributed by atoms with Crippen molar-refractivity contribution >= 4 is 47.5 Å². The Morgan fingerprint density at radius 1 is 0.387 bits per heavy atom. The number of hydrogen-bond donors (Lipinski definition) is 2. The Morgan fingerprint density at radius 3 is 1.04 bits per heavy atom. The van der Waals surface area contributed by atoms with Crippen LogP contribution in [0.2, 0.25) is 0 Å². The predicted octanol–water partition coefficient (Wildman–Crippen LogP) is 2.17. The van der Waals surface area contributed by atoms with E-state index in [-0.39, 0.29) is 101 Å². The molecule has 25 heteroatoms. The van der Waals surface area contributed by atoms with Gasteiger partial charge in [0.15, 0.2) is 11.6 Å². The highest BCUT2D eigenvalue weighted by molar-refractivity contribution is 8.09. The Balaban J connectivity index is 4.47. The van der Waals surface area contributed by atoms with Crippen LogP contribution < -0.4 is 15.5 Å². The topological polar surface area (TPSA) is 271 Å². The van der Waals surface area contributed by atoms with Crippen molar-refractivity contribution in [3.05, 3.63) is 0 Å². The van der Waals surface area contributed by atoms with Gasteiger partial charge in [-0.25, -0.2) is 0 Å². The van der Waals surface area contributed by atoms with Crippen LogP contribution in [-0.2, 0) is 107 Å². The summed E-state index contributed by atoms with van der Waals surface area (Å²) in [5.74, 6) is -1.43. The quantitative estimate of drug-likeness (QED) is 0.0653. The second kappa shape index (κ2) is 53.9. The fourth-order valence-electron chi connectivity index (χ4n) is 6.19. The van der Waals surface area contributed by atoms with Crippen LogP contribution in [0.5, 0.6) is 0 Å². The molecule has 75 heavy (non-hydrogen) atoms. The number of rotatable bonds is 60. The number of carbonyl (C=O) groups is 5. The first kappa shape index (κ1) is 73.0. The maximum atomic E-state index is 13.3. The van der Waals surface area contributed by atoms with Crippen molar-refractivity contribution in [1.82, 2.24) is 10.6 Å². The van der Waals surface area contributed by atoms with Gasteiger partial charge in [0.25, 0.3) is 0 Å². The zero-order valence-corrected chi connectivity index (χ0v) is 47.5. The van der Waals surface area contributed by atoms with Crippen LogP contribution in [0.3, 0.4) is 0 Å². The number of ketones is 3. The van der Waals surface area contributed by atoms with E-state index in [2.05, 4.69) is 10.6 Å². The van der Waals surface area contributed by atoms with Crippen molar-refractivity contribution in [3.63, 3.8) is 0 Å². The number of methoxy groups -OCH3 is 3. The van der Waals surface area contributed by atoms with Crippen LogP contribution in [0.15, 0.2) is 0 Å². The smallest absolute Gasteiger partial charge is 0.222 e. The fourth-order valence-corrected chi connectivity index (χ4v) is 7.05. The maximum absolute atomic E-state index is 13.3. The van der Waals surface area contributed by atoms with Crippen molar-refractivity contribution in [2.45, 2.75) is 102 Å². The summed E-state index contributed by atoms with van der Waals surface area (Å²) < 4.78 is 80.5. The molecule has 0 fully saturated rings. The number of ether oxygens (including phenoxy) is 14. The minimum Gasteiger partial charge on any atom is -0.800 e. The van der Waals surface area contributed by atoms with Gasteiger partial charge in [-0.3, -0.25) is 24.0 Å². The molecule has 0 heterocycles. The van der Waals surface area contributed by atoms with Gasteiger partial charge in [0.05, 0.1) is 164 Å². The molecular formula is C50H94N2O21PS-. The molecule has 0 saturated heterocycles. The molecule has 0 rings (SSSR count). The highest BCUT2D eigenvalue weighted by atomic mass is 32.5. The van der Waals surface area contributed by atoms with Crippen molar-refractivity contribution in [2.75, 3.05) is 193 Å². The predicted molar refractivity (Wildman–Crippen MR) is 280 cm³/mol. The zero-order valence-electron chi connectivity index (χ0n) is 45.8. The zero-order chi connectivity index (χ0) is 55.3. The van der Waals surface area contributed by atoms with Crippen LogP contribution in [0.1, 0.15) is 84.5 Å². The first-order valence-electron chi connectivity index (χ1n) is 26.3. The molecule has 0 aliphatic rings. The molecule has 2 N–H and O–H groups in total. The van der Waals surface area contributed by atoms with E-state index in [1.807, 2.05) is 0 Å². The number of carbonyl (C=O) groups excluding carboxylic acids is 5. The van der Waals surface area contributed by atoms with Crippen molar-refractivity contribution in [1.29, 1.82) is 0 Å². The van der Waals surface area contributed by atoms with E-state index >= 15 is 0 Å². The van der Waals surface area contributed by atoms with Crippen LogP contribution in [0.4, 0.5) is 0 Å². The molecule has 442 valence electrons. The van der Waals surface area contributed by atoms with Crippen LogP contribution >= 0.6 is 6.49 Å². The summed E-state index contributed by atoms with van der Waals surface area (Å²) in [7, 11) is 4.71. The van der Waals surface area contributed by atoms with Crippen molar-refractivity contribution < 1.29 is 99.7 Å². The minimum absolute atomic E-state index is 0.00328. The molecule has 0 aliphatic carbocycles. The number of amides is 2. The van der Waals surface area contributed by atoms with Gasteiger partial charge in [0.1, 0.15) is 5.78 Å². The largest absolute Gasteiger partial charge is 0.800 e. The molecule has 0 radical (unpaired) electrons. The lowest BCUT2D eigenvalue weighted by Crippen LogP contribution is -2.44. The van der Waals surface area contributed by atoms with Gasteiger partial charge in [0.2, 0.25) is 11.8 Å². The lowest BCUT2D eigenvalue weighted by atomic mass is 9.99. The van der Waals surface area contributed by atoms with E-state index in [4.69, 9.17) is 82.6 Å². The van der Waals surface area contributed by atoms with Crippen LogP contribution in [0.25, 0.3) is 0 Å². The maximum Gasteiger partial charge on any atom is 0.222 e. The van der Waals surface area contributed by atoms with Gasteiger partial charge in [-0.2, -0.15) is 0 Å². The normalized spacial score (nSPS) is 13.2. The second-order valence-electron chi connectivity index (χ2n) is 17.0. The molecule has 3 unspecified atom stereocenters. The van der Waals surface area contributed by atoms with Gasteiger partial charge in [-0.1, -0.05) is 25.7 Å². The minimum atomic E-state index is -2.99. The summed E-state index contributed by atoms with van der Waals surface area (Å²) in [6, 6.07) is -1.86. The second-order valence-corrected chi connectivity index (χ2v) is 20.9. The lowest BCUT2D eigenvalue weighted by molar-refractivity contribution is -0.185. The summed E-state index contributed by atoms with van der Waals surface area (Å²) in [4.78, 5) is 77.5. The van der Waals surface area contributed by atoms with E-state index in [1.54, 1.807) is 35.2 Å². The SMILES string of the molecule is COCCOCCCC(=O)CCC(NC(=O)CCC(NC(=O)CCOCCOCCOCCOCCOCCOCCOCCOCCOP([O-])(=S)C(C)C)C(=O)CCCOCCOC)C(=O)CCCOCCOC. The summed E-state index contributed by atoms with van der Waals surface area (Å²) in [5, 5.41) is 5.54. The Bertz CT molecular complexity index is 1440. The highest BCUT2D eigenvalue weighted by Crippen LogP contribution is 2.42. The molecule has 0 aromatic rings. The third-order valence-corrected chi connectivity index (χ3v) is 13.9. The first-order chi connectivity index (χ1) is 36.4. The molecule has 0 saturated carbocycles. The van der Waals surface area contributed by atoms with E-state index in [1.165, 1.54) is 0 Å². The fraction of sp³-hybridized carbons (Fsp3) is 0.900. The summed E-state index contributed by atoms with van der Waals surface area (Å²) >= 11 is 4.95. The van der Waals surface area contributed by atoms with Crippen molar-refractivity contribution in [2.24, 2.45) is 0 Å². The monoisotopic (exact) mass is 1120 g/mol. The standard InChI is InChI=1S/C50H95N2O21PS/c1-43(2)74(58,75)73-42-41-72-40-39-71-38-37-70-36-35-69-34-33-68-32-31-67-30-29-66-28-27-65-20-16-50(57)52-46(48(55)11-8-19-64-26-23-61-5)14-15-49(56)51-45(47(54)10-7-18-63-25-22-60-4)13-12-44(53)9-6-17-62-24-21-59-3/h43,45-46H,6-42H2,1-5H3,(H,51,56)(H,52,57)(H,58,75)/p-1. The van der Waals surface area contributed by atoms with Crippen molar-refractivity contribution in [3.8, 4) is 0 Å². The molecule has 0 aliphatic heterocycles. The third-order valence-electron chi connectivity index (χ3n) is 10.5. The Morgan fingerprint density at radius 2 is 0.680 bits per heavy atom. The van der Waals surface area contributed by atoms with Gasteiger partial charge < -0.3 is 86.4 Å². The summed E-state index contributed by atoms with van der Waals surface area (Å²) in [6.07, 6.45) is 1.96. The summed E-state index contributed by atoms with van der Waals surface area (Å²) in [6.45, 7) is 10.1. The molecule has 0 bridgehead atoms. The van der Waals surface area contributed by atoms with E-state index < -0.39 is 30.4 Å². The number of Topliss-reactive ketones (excluding diaryl/α,β-unsaturated/α-hetero) is 3. The van der Waals surface area contributed by atoms with Crippen LogP contribution in [-0.4, -0.2) is 240 Å². The van der Waals surface area contributed by atoms with Gasteiger partial charge in [-0.05, 0) is 44.3 Å². The number of hydrogen-bond acceptors (Lipinski definition) is 22. The van der Waals surface area contributed by atoms with Gasteiger partial charge in [-0.15, -0.1) is 0 Å². The lowest BCUT2D eigenvalue weighted by Gasteiger charge is -2.31. The molecule has 0 aromatic heterocycles. The molecular weight excluding hydrogens is 1030 g/mol. The molecule has 0 aromatic carbocycles. The number of nitrogens with one attached hydrogen (secondary N) is 2. The average molecular weight is 1120 g/mol. The Labute approximate surface area is 451 Å². The summed E-state index contributed by atoms with van der Waals surface area (Å²) in [5.41, 5.74) is -0.195. The molecule has 0 spiro atoms. The Kier molecular flexibility index (Phi) is 52.5. The average Bonchev–Trinajstić information content (AvgIpc) is 3.38. The molecule has 23 nitrogen and oxygen atoms in total. The molecule has 2 amide bonds. The molecule has 3 atom stereocenters. The van der Waals surface area contributed by atoms with E-state index in [0.29, 0.717) is 165 Å². The van der Waals surface area contributed by atoms with Gasteiger partial charge >= 0.3 is 0 Å². The van der Waals surface area contributed by atoms with E-state index in [9.17, 15) is 28.9 Å².